The molecule has 2 heterocycles. The van der Waals surface area contributed by atoms with Gasteiger partial charge < -0.3 is 9.72 Å². The highest BCUT2D eigenvalue weighted by Gasteiger charge is 2.36. The monoisotopic (exact) mass is 288 g/mol. The smallest absolute Gasteiger partial charge is 0.251 e. The minimum atomic E-state index is -0.463. The molecule has 1 fully saturated rings. The zero-order valence-electron chi connectivity index (χ0n) is 12.4. The molecule has 0 aliphatic heterocycles. The lowest BCUT2D eigenvalue weighted by Crippen LogP contribution is -2.35. The van der Waals surface area contributed by atoms with E-state index in [0.717, 1.165) is 31.2 Å². The summed E-state index contributed by atoms with van der Waals surface area (Å²) in [4.78, 5) is 19.5. The highest BCUT2D eigenvalue weighted by atomic mass is 16.5. The van der Waals surface area contributed by atoms with Crippen molar-refractivity contribution >= 4 is 0 Å². The average molecular weight is 288 g/mol. The summed E-state index contributed by atoms with van der Waals surface area (Å²) in [5.74, 6) is 0.635. The van der Waals surface area contributed by atoms with Gasteiger partial charge in [0.2, 0.25) is 0 Å². The van der Waals surface area contributed by atoms with E-state index in [1.165, 1.54) is 12.5 Å². The molecule has 0 atom stereocenters. The van der Waals surface area contributed by atoms with Gasteiger partial charge in [-0.2, -0.15) is 5.10 Å². The van der Waals surface area contributed by atoms with Crippen LogP contribution in [0.1, 0.15) is 37.9 Å². The Morgan fingerprint density at radius 2 is 2.10 bits per heavy atom. The molecular formula is C15H20N4O2. The highest BCUT2D eigenvalue weighted by Crippen LogP contribution is 2.38. The molecule has 0 unspecified atom stereocenters. The van der Waals surface area contributed by atoms with E-state index in [4.69, 9.17) is 4.74 Å². The minimum Gasteiger partial charge on any atom is -0.370 e. The number of nitrogens with one attached hydrogen (secondary N) is 1. The van der Waals surface area contributed by atoms with Crippen molar-refractivity contribution in [2.45, 2.75) is 37.7 Å². The lowest BCUT2D eigenvalue weighted by atomic mass is 9.84. The predicted octanol–water partition coefficient (Wildman–Crippen LogP) is 1.98. The van der Waals surface area contributed by atoms with Gasteiger partial charge in [-0.05, 0) is 12.8 Å². The Bertz CT molecular complexity index is 683. The van der Waals surface area contributed by atoms with Crippen molar-refractivity contribution in [1.82, 2.24) is 19.7 Å². The Balaban J connectivity index is 2.06. The second-order valence-corrected chi connectivity index (χ2v) is 5.64. The van der Waals surface area contributed by atoms with Crippen LogP contribution >= 0.6 is 0 Å². The summed E-state index contributed by atoms with van der Waals surface area (Å²) in [6.45, 7) is 0. The normalized spacial score (nSPS) is 17.8. The highest BCUT2D eigenvalue weighted by molar-refractivity contribution is 5.56. The Hall–Kier alpha value is -1.95. The van der Waals surface area contributed by atoms with Crippen molar-refractivity contribution in [3.05, 3.63) is 34.6 Å². The van der Waals surface area contributed by atoms with E-state index >= 15 is 0 Å². The molecule has 0 saturated heterocycles. The lowest BCUT2D eigenvalue weighted by Gasteiger charge is -2.34. The van der Waals surface area contributed by atoms with Crippen LogP contribution in [0.15, 0.2) is 23.3 Å². The van der Waals surface area contributed by atoms with Gasteiger partial charge in [0.25, 0.3) is 5.56 Å². The fourth-order valence-electron chi connectivity index (χ4n) is 3.04. The molecule has 1 N–H and O–H groups in total. The van der Waals surface area contributed by atoms with Crippen molar-refractivity contribution in [2.24, 2.45) is 7.05 Å². The first kappa shape index (κ1) is 14.0. The summed E-state index contributed by atoms with van der Waals surface area (Å²) >= 11 is 0. The Morgan fingerprint density at radius 3 is 2.71 bits per heavy atom. The molecule has 112 valence electrons. The zero-order chi connectivity index (χ0) is 14.9. The zero-order valence-corrected chi connectivity index (χ0v) is 12.4. The van der Waals surface area contributed by atoms with Gasteiger partial charge >= 0.3 is 0 Å². The van der Waals surface area contributed by atoms with Crippen molar-refractivity contribution in [2.75, 3.05) is 7.11 Å². The van der Waals surface area contributed by atoms with Gasteiger partial charge in [0.05, 0.1) is 11.9 Å². The van der Waals surface area contributed by atoms with Crippen molar-refractivity contribution < 1.29 is 4.74 Å². The number of hydrogen-bond acceptors (Lipinski definition) is 4. The molecule has 0 radical (unpaired) electrons. The third kappa shape index (κ3) is 2.63. The van der Waals surface area contributed by atoms with E-state index in [1.807, 2.05) is 13.2 Å². The third-order valence-corrected chi connectivity index (χ3v) is 4.23. The molecule has 2 aromatic heterocycles. The minimum absolute atomic E-state index is 0.152. The molecule has 1 aliphatic rings. The van der Waals surface area contributed by atoms with Crippen LogP contribution in [0.4, 0.5) is 0 Å². The first-order chi connectivity index (χ1) is 10.1. The van der Waals surface area contributed by atoms with E-state index in [9.17, 15) is 4.79 Å². The van der Waals surface area contributed by atoms with Crippen molar-refractivity contribution in [1.29, 1.82) is 0 Å². The number of aryl methyl sites for hydroxylation is 1. The molecule has 0 spiro atoms. The Morgan fingerprint density at radius 1 is 1.33 bits per heavy atom. The van der Waals surface area contributed by atoms with E-state index in [-0.39, 0.29) is 5.56 Å². The Kier molecular flexibility index (Phi) is 3.63. The van der Waals surface area contributed by atoms with E-state index in [2.05, 4.69) is 15.1 Å². The van der Waals surface area contributed by atoms with Crippen molar-refractivity contribution in [3.63, 3.8) is 0 Å². The van der Waals surface area contributed by atoms with Gasteiger partial charge in [0, 0.05) is 32.0 Å². The van der Waals surface area contributed by atoms with Crippen LogP contribution in [0, 0.1) is 0 Å². The number of rotatable bonds is 3. The topological polar surface area (TPSA) is 72.8 Å². The SMILES string of the molecule is COC1(c2nc(-c3cnn(C)c3)cc(=O)[nH]2)CCCCC1. The third-order valence-electron chi connectivity index (χ3n) is 4.23. The van der Waals surface area contributed by atoms with Crippen LogP contribution in [0.2, 0.25) is 0 Å². The fourth-order valence-corrected chi connectivity index (χ4v) is 3.04. The van der Waals surface area contributed by atoms with Gasteiger partial charge in [0.1, 0.15) is 11.4 Å². The summed E-state index contributed by atoms with van der Waals surface area (Å²) in [7, 11) is 3.54. The van der Waals surface area contributed by atoms with E-state index < -0.39 is 5.60 Å². The molecule has 1 aliphatic carbocycles. The summed E-state index contributed by atoms with van der Waals surface area (Å²) < 4.78 is 7.46. The van der Waals surface area contributed by atoms with Gasteiger partial charge in [-0.1, -0.05) is 19.3 Å². The quantitative estimate of drug-likeness (QED) is 0.937. The maximum atomic E-state index is 12.0. The van der Waals surface area contributed by atoms with Crippen LogP contribution in [0.25, 0.3) is 11.3 Å². The van der Waals surface area contributed by atoms with Crippen LogP contribution in [-0.4, -0.2) is 26.9 Å². The van der Waals surface area contributed by atoms with E-state index in [0.29, 0.717) is 11.5 Å². The van der Waals surface area contributed by atoms with Gasteiger partial charge in [-0.15, -0.1) is 0 Å². The number of ether oxygens (including phenoxy) is 1. The predicted molar refractivity (Wildman–Crippen MR) is 78.8 cm³/mol. The summed E-state index contributed by atoms with van der Waals surface area (Å²) in [5.41, 5.74) is 0.868. The van der Waals surface area contributed by atoms with Crippen LogP contribution in [-0.2, 0) is 17.4 Å². The van der Waals surface area contributed by atoms with Gasteiger partial charge in [0.15, 0.2) is 0 Å². The first-order valence-electron chi connectivity index (χ1n) is 7.29. The van der Waals surface area contributed by atoms with Crippen LogP contribution in [0.3, 0.4) is 0 Å². The first-order valence-corrected chi connectivity index (χ1v) is 7.29. The molecule has 6 heteroatoms. The fraction of sp³-hybridized carbons (Fsp3) is 0.533. The lowest BCUT2D eigenvalue weighted by molar-refractivity contribution is -0.0515. The summed E-state index contributed by atoms with van der Waals surface area (Å²) in [6.07, 6.45) is 8.74. The number of hydrogen-bond donors (Lipinski definition) is 1. The summed E-state index contributed by atoms with van der Waals surface area (Å²) in [6, 6.07) is 1.51. The molecule has 0 aromatic carbocycles. The molecule has 21 heavy (non-hydrogen) atoms. The van der Waals surface area contributed by atoms with Crippen LogP contribution < -0.4 is 5.56 Å². The molecule has 2 aromatic rings. The maximum absolute atomic E-state index is 12.0. The number of aromatic nitrogens is 4. The van der Waals surface area contributed by atoms with Gasteiger partial charge in [-0.25, -0.2) is 4.98 Å². The molecule has 3 rings (SSSR count). The maximum Gasteiger partial charge on any atom is 0.251 e. The second-order valence-electron chi connectivity index (χ2n) is 5.64. The number of nitrogens with zero attached hydrogens (tertiary/aromatic N) is 3. The summed E-state index contributed by atoms with van der Waals surface area (Å²) in [5, 5.41) is 4.14. The molecule has 1 saturated carbocycles. The number of methoxy groups -OCH3 is 1. The Labute approximate surface area is 123 Å². The molecule has 0 amide bonds. The average Bonchev–Trinajstić information content (AvgIpc) is 2.94. The number of H-pyrrole nitrogens is 1. The second kappa shape index (κ2) is 5.44. The standard InChI is InChI=1S/C15H20N4O2/c1-19-10-11(9-16-19)12-8-13(20)18-14(17-12)15(21-2)6-4-3-5-7-15/h8-10H,3-7H2,1-2H3,(H,17,18,20). The molecular weight excluding hydrogens is 268 g/mol. The number of aromatic amines is 1. The molecule has 6 nitrogen and oxygen atoms in total. The van der Waals surface area contributed by atoms with Crippen molar-refractivity contribution in [3.8, 4) is 11.3 Å². The molecule has 0 bridgehead atoms. The largest absolute Gasteiger partial charge is 0.370 e. The van der Waals surface area contributed by atoms with Crippen LogP contribution in [0.5, 0.6) is 0 Å². The van der Waals surface area contributed by atoms with Gasteiger partial charge in [-0.3, -0.25) is 9.48 Å². The van der Waals surface area contributed by atoms with E-state index in [1.54, 1.807) is 18.0 Å².